The third-order valence-electron chi connectivity index (χ3n) is 2.30. The number of carbonyl (C=O) groups is 1. The first-order valence-electron chi connectivity index (χ1n) is 4.85. The van der Waals surface area contributed by atoms with Crippen LogP contribution >= 0.6 is 0 Å². The average molecular weight is 221 g/mol. The average Bonchev–Trinajstić information content (AvgIpc) is 2.69. The van der Waals surface area contributed by atoms with Gasteiger partial charge in [0.1, 0.15) is 6.33 Å². The van der Waals surface area contributed by atoms with E-state index in [-0.39, 0.29) is 12.0 Å². The van der Waals surface area contributed by atoms with Crippen LogP contribution in [0.5, 0.6) is 0 Å². The van der Waals surface area contributed by atoms with Gasteiger partial charge in [-0.25, -0.2) is 9.97 Å². The van der Waals surface area contributed by atoms with Crippen LogP contribution in [0.15, 0.2) is 11.1 Å². The van der Waals surface area contributed by atoms with Crippen LogP contribution in [-0.4, -0.2) is 25.5 Å². The summed E-state index contributed by atoms with van der Waals surface area (Å²) in [5, 5.41) is 2.63. The molecule has 2 aromatic heterocycles. The second kappa shape index (κ2) is 3.76. The van der Waals surface area contributed by atoms with E-state index in [9.17, 15) is 9.59 Å². The van der Waals surface area contributed by atoms with Gasteiger partial charge < -0.3 is 5.73 Å². The number of nitrogens with one attached hydrogen (secondary N) is 1. The molecule has 0 atom stereocenters. The summed E-state index contributed by atoms with van der Waals surface area (Å²) in [7, 11) is 0. The van der Waals surface area contributed by atoms with Crippen LogP contribution in [0.1, 0.15) is 18.2 Å². The number of carbonyl (C=O) groups excluding carboxylic acids is 1. The van der Waals surface area contributed by atoms with Gasteiger partial charge in [0.2, 0.25) is 5.91 Å². The van der Waals surface area contributed by atoms with Gasteiger partial charge in [-0.2, -0.15) is 4.52 Å². The molecule has 3 N–H and O–H groups in total. The van der Waals surface area contributed by atoms with Crippen molar-refractivity contribution < 1.29 is 4.79 Å². The maximum atomic E-state index is 11.9. The quantitative estimate of drug-likeness (QED) is 0.693. The number of rotatable bonds is 3. The summed E-state index contributed by atoms with van der Waals surface area (Å²) in [5.41, 5.74) is 5.67. The van der Waals surface area contributed by atoms with E-state index in [4.69, 9.17) is 5.73 Å². The van der Waals surface area contributed by atoms with Crippen LogP contribution in [0, 0.1) is 0 Å². The molecule has 0 aliphatic carbocycles. The van der Waals surface area contributed by atoms with Crippen LogP contribution in [0.3, 0.4) is 0 Å². The van der Waals surface area contributed by atoms with E-state index < -0.39 is 5.91 Å². The van der Waals surface area contributed by atoms with Gasteiger partial charge in [-0.3, -0.25) is 14.7 Å². The van der Waals surface area contributed by atoms with Crippen molar-refractivity contribution in [3.8, 4) is 0 Å². The Balaban J connectivity index is 2.72. The second-order valence-corrected chi connectivity index (χ2v) is 3.36. The molecular weight excluding hydrogens is 210 g/mol. The third kappa shape index (κ3) is 1.56. The number of primary amides is 1. The van der Waals surface area contributed by atoms with Crippen LogP contribution in [0.4, 0.5) is 0 Å². The molecule has 0 radical (unpaired) electrons. The lowest BCUT2D eigenvalue weighted by molar-refractivity contribution is -0.117. The van der Waals surface area contributed by atoms with Gasteiger partial charge in [-0.05, 0) is 6.42 Å². The number of aromatic amines is 1. The number of hydrogen-bond donors (Lipinski definition) is 2. The van der Waals surface area contributed by atoms with Crippen molar-refractivity contribution in [2.45, 2.75) is 19.8 Å². The van der Waals surface area contributed by atoms with Crippen LogP contribution in [0.2, 0.25) is 0 Å². The Hall–Kier alpha value is -2.18. The number of H-pyrrole nitrogens is 1. The smallest absolute Gasteiger partial charge is 0.277 e. The highest BCUT2D eigenvalue weighted by molar-refractivity contribution is 5.76. The standard InChI is InChI=1S/C9H11N5O2/c1-2-6-5(3-7(10)15)8(16)14-9(13-6)11-4-12-14/h4H,2-3H2,1H3,(H2,10,15)(H,11,12,13). The predicted molar refractivity (Wildman–Crippen MR) is 55.9 cm³/mol. The fraction of sp³-hybridized carbons (Fsp3) is 0.333. The summed E-state index contributed by atoms with van der Waals surface area (Å²) < 4.78 is 1.19. The molecule has 0 fully saturated rings. The minimum Gasteiger partial charge on any atom is -0.369 e. The number of aryl methyl sites for hydroxylation is 1. The number of fused-ring (bicyclic) bond motifs is 1. The first-order chi connectivity index (χ1) is 7.63. The Kier molecular flexibility index (Phi) is 2.43. The Labute approximate surface area is 90.3 Å². The van der Waals surface area contributed by atoms with Crippen LogP contribution in [0.25, 0.3) is 5.78 Å². The molecule has 0 saturated heterocycles. The molecule has 1 amide bonds. The molecule has 0 aliphatic heterocycles. The molecule has 84 valence electrons. The van der Waals surface area contributed by atoms with Crippen molar-refractivity contribution in [2.75, 3.05) is 0 Å². The summed E-state index contributed by atoms with van der Waals surface area (Å²) >= 11 is 0. The minimum absolute atomic E-state index is 0.100. The van der Waals surface area contributed by atoms with E-state index in [2.05, 4.69) is 15.1 Å². The van der Waals surface area contributed by atoms with E-state index in [1.807, 2.05) is 6.92 Å². The van der Waals surface area contributed by atoms with Crippen LogP contribution in [-0.2, 0) is 17.6 Å². The summed E-state index contributed by atoms with van der Waals surface area (Å²) in [6.07, 6.45) is 1.83. The van der Waals surface area contributed by atoms with Gasteiger partial charge >= 0.3 is 0 Å². The molecule has 0 aliphatic rings. The zero-order chi connectivity index (χ0) is 11.7. The minimum atomic E-state index is -0.548. The topological polar surface area (TPSA) is 106 Å². The van der Waals surface area contributed by atoms with E-state index >= 15 is 0 Å². The fourth-order valence-corrected chi connectivity index (χ4v) is 1.58. The lowest BCUT2D eigenvalue weighted by Crippen LogP contribution is -2.27. The van der Waals surface area contributed by atoms with Gasteiger partial charge in [0.05, 0.1) is 17.7 Å². The normalized spacial score (nSPS) is 10.8. The molecular formula is C9H11N5O2. The zero-order valence-electron chi connectivity index (χ0n) is 8.73. The first kappa shape index (κ1) is 10.3. The zero-order valence-corrected chi connectivity index (χ0v) is 8.73. The van der Waals surface area contributed by atoms with Crippen molar-refractivity contribution in [2.24, 2.45) is 5.73 Å². The Morgan fingerprint density at radius 3 is 3.00 bits per heavy atom. The Morgan fingerprint density at radius 1 is 1.62 bits per heavy atom. The SMILES string of the molecule is CCc1nc2nc[nH]n2c(=O)c1CC(N)=O. The monoisotopic (exact) mass is 221 g/mol. The lowest BCUT2D eigenvalue weighted by atomic mass is 10.1. The number of nitrogens with two attached hydrogens (primary N) is 1. The second-order valence-electron chi connectivity index (χ2n) is 3.36. The summed E-state index contributed by atoms with van der Waals surface area (Å²) in [4.78, 5) is 30.9. The van der Waals surface area contributed by atoms with Gasteiger partial charge in [0, 0.05) is 0 Å². The van der Waals surface area contributed by atoms with Gasteiger partial charge in [-0.1, -0.05) is 6.92 Å². The molecule has 7 heteroatoms. The fourth-order valence-electron chi connectivity index (χ4n) is 1.58. The maximum Gasteiger partial charge on any atom is 0.277 e. The predicted octanol–water partition coefficient (Wildman–Crippen LogP) is -0.992. The van der Waals surface area contributed by atoms with Gasteiger partial charge in [0.25, 0.3) is 11.3 Å². The van der Waals surface area contributed by atoms with Crippen molar-refractivity contribution in [3.05, 3.63) is 27.9 Å². The molecule has 2 aromatic rings. The maximum absolute atomic E-state index is 11.9. The molecule has 0 spiro atoms. The molecule has 0 bridgehead atoms. The highest BCUT2D eigenvalue weighted by atomic mass is 16.1. The largest absolute Gasteiger partial charge is 0.369 e. The lowest BCUT2D eigenvalue weighted by Gasteiger charge is -2.04. The number of nitrogens with zero attached hydrogens (tertiary/aromatic N) is 3. The molecule has 7 nitrogen and oxygen atoms in total. The summed E-state index contributed by atoms with van der Waals surface area (Å²) in [6, 6.07) is 0. The Bertz CT molecular complexity index is 597. The van der Waals surface area contributed by atoms with E-state index in [0.29, 0.717) is 23.5 Å². The molecule has 0 saturated carbocycles. The van der Waals surface area contributed by atoms with Crippen molar-refractivity contribution in [3.63, 3.8) is 0 Å². The van der Waals surface area contributed by atoms with Gasteiger partial charge in [0.15, 0.2) is 0 Å². The number of hydrogen-bond acceptors (Lipinski definition) is 4. The van der Waals surface area contributed by atoms with E-state index in [1.54, 1.807) is 0 Å². The molecule has 2 rings (SSSR count). The highest BCUT2D eigenvalue weighted by Gasteiger charge is 2.14. The van der Waals surface area contributed by atoms with E-state index in [0.717, 1.165) is 0 Å². The molecule has 2 heterocycles. The van der Waals surface area contributed by atoms with E-state index in [1.165, 1.54) is 10.8 Å². The molecule has 0 aromatic carbocycles. The number of amides is 1. The summed E-state index contributed by atoms with van der Waals surface area (Å²) in [6.45, 7) is 1.86. The summed E-state index contributed by atoms with van der Waals surface area (Å²) in [5.74, 6) is -0.247. The van der Waals surface area contributed by atoms with Gasteiger partial charge in [-0.15, -0.1) is 0 Å². The van der Waals surface area contributed by atoms with Crippen LogP contribution < -0.4 is 11.3 Å². The van der Waals surface area contributed by atoms with Crippen molar-refractivity contribution >= 4 is 11.7 Å². The Morgan fingerprint density at radius 2 is 2.38 bits per heavy atom. The third-order valence-corrected chi connectivity index (χ3v) is 2.30. The highest BCUT2D eigenvalue weighted by Crippen LogP contribution is 2.04. The molecule has 0 unspecified atom stereocenters. The molecule has 16 heavy (non-hydrogen) atoms. The first-order valence-corrected chi connectivity index (χ1v) is 4.85. The van der Waals surface area contributed by atoms with Crippen molar-refractivity contribution in [1.29, 1.82) is 0 Å². The number of aromatic nitrogens is 4. The van der Waals surface area contributed by atoms with Crippen molar-refractivity contribution in [1.82, 2.24) is 19.6 Å².